The SMILES string of the molecule is NC(=O)CCCc1nc2ccccn2c1-c1cccc(C(F)(F)F)c1. The molecule has 0 unspecified atom stereocenters. The van der Waals surface area contributed by atoms with Gasteiger partial charge in [-0.3, -0.25) is 9.20 Å². The summed E-state index contributed by atoms with van der Waals surface area (Å²) in [5.41, 5.74) is 6.77. The van der Waals surface area contributed by atoms with E-state index in [9.17, 15) is 18.0 Å². The minimum Gasteiger partial charge on any atom is -0.370 e. The number of alkyl halides is 3. The maximum absolute atomic E-state index is 13.0. The number of carbonyl (C=O) groups is 1. The Kier molecular flexibility index (Phi) is 4.48. The van der Waals surface area contributed by atoms with Crippen LogP contribution in [0, 0.1) is 0 Å². The van der Waals surface area contributed by atoms with E-state index in [1.807, 2.05) is 6.07 Å². The normalized spacial score (nSPS) is 11.8. The summed E-state index contributed by atoms with van der Waals surface area (Å²) in [6.45, 7) is 0. The number of hydrogen-bond acceptors (Lipinski definition) is 2. The minimum atomic E-state index is -4.41. The van der Waals surface area contributed by atoms with Crippen LogP contribution < -0.4 is 5.73 Å². The number of aromatic nitrogens is 2. The van der Waals surface area contributed by atoms with Crippen LogP contribution in [0.25, 0.3) is 16.9 Å². The number of imidazole rings is 1. The largest absolute Gasteiger partial charge is 0.416 e. The standard InChI is InChI=1S/C18H16F3N3O/c19-18(20,21)13-6-3-5-12(11-13)17-14(7-4-8-15(22)25)23-16-9-1-2-10-24(16)17/h1-3,5-6,9-11H,4,7-8H2,(H2,22,25). The first-order valence-electron chi connectivity index (χ1n) is 7.78. The topological polar surface area (TPSA) is 60.4 Å². The van der Waals surface area contributed by atoms with E-state index < -0.39 is 17.6 Å². The van der Waals surface area contributed by atoms with Crippen molar-refractivity contribution < 1.29 is 18.0 Å². The summed E-state index contributed by atoms with van der Waals surface area (Å²) >= 11 is 0. The molecule has 0 atom stereocenters. The number of benzene rings is 1. The summed E-state index contributed by atoms with van der Waals surface area (Å²) in [6, 6.07) is 10.6. The number of pyridine rings is 1. The molecule has 1 aromatic carbocycles. The van der Waals surface area contributed by atoms with Gasteiger partial charge in [0, 0.05) is 18.2 Å². The molecular formula is C18H16F3N3O. The van der Waals surface area contributed by atoms with E-state index >= 15 is 0 Å². The molecule has 0 radical (unpaired) electrons. The molecule has 3 aromatic rings. The fourth-order valence-electron chi connectivity index (χ4n) is 2.80. The molecule has 1 amide bonds. The highest BCUT2D eigenvalue weighted by Crippen LogP contribution is 2.33. The first-order chi connectivity index (χ1) is 11.9. The third-order valence-corrected chi connectivity index (χ3v) is 3.90. The predicted molar refractivity (Wildman–Crippen MR) is 87.8 cm³/mol. The number of halogens is 3. The second-order valence-electron chi connectivity index (χ2n) is 5.73. The Bertz CT molecular complexity index is 915. The fraction of sp³-hybridized carbons (Fsp3) is 0.222. The van der Waals surface area contributed by atoms with Crippen molar-refractivity contribution in [2.75, 3.05) is 0 Å². The molecule has 0 aliphatic heterocycles. The molecule has 0 aliphatic rings. The number of aryl methyl sites for hydroxylation is 1. The van der Waals surface area contributed by atoms with E-state index in [1.54, 1.807) is 28.8 Å². The van der Waals surface area contributed by atoms with Gasteiger partial charge in [-0.2, -0.15) is 13.2 Å². The van der Waals surface area contributed by atoms with Crippen LogP contribution in [0.4, 0.5) is 13.2 Å². The molecule has 0 saturated heterocycles. The first kappa shape index (κ1) is 17.0. The first-order valence-corrected chi connectivity index (χ1v) is 7.78. The lowest BCUT2D eigenvalue weighted by Crippen LogP contribution is -2.10. The fourth-order valence-corrected chi connectivity index (χ4v) is 2.80. The van der Waals surface area contributed by atoms with Crippen molar-refractivity contribution in [1.29, 1.82) is 0 Å². The molecule has 130 valence electrons. The zero-order valence-corrected chi connectivity index (χ0v) is 13.3. The number of carbonyl (C=O) groups excluding carboxylic acids is 1. The van der Waals surface area contributed by atoms with Gasteiger partial charge >= 0.3 is 6.18 Å². The van der Waals surface area contributed by atoms with E-state index in [0.29, 0.717) is 35.4 Å². The molecule has 3 rings (SSSR count). The summed E-state index contributed by atoms with van der Waals surface area (Å²) in [7, 11) is 0. The summed E-state index contributed by atoms with van der Waals surface area (Å²) in [5.74, 6) is -0.413. The van der Waals surface area contributed by atoms with Crippen molar-refractivity contribution in [2.45, 2.75) is 25.4 Å². The van der Waals surface area contributed by atoms with Gasteiger partial charge in [0.15, 0.2) is 0 Å². The van der Waals surface area contributed by atoms with Crippen LogP contribution in [-0.2, 0) is 17.4 Å². The van der Waals surface area contributed by atoms with Crippen LogP contribution in [0.3, 0.4) is 0 Å². The molecule has 25 heavy (non-hydrogen) atoms. The smallest absolute Gasteiger partial charge is 0.370 e. The highest BCUT2D eigenvalue weighted by atomic mass is 19.4. The number of rotatable bonds is 5. The Hall–Kier alpha value is -2.83. The number of nitrogens with two attached hydrogens (primary N) is 1. The molecule has 0 saturated carbocycles. The van der Waals surface area contributed by atoms with E-state index in [2.05, 4.69) is 4.98 Å². The van der Waals surface area contributed by atoms with Gasteiger partial charge in [0.2, 0.25) is 5.91 Å². The van der Waals surface area contributed by atoms with Gasteiger partial charge in [-0.1, -0.05) is 18.2 Å². The minimum absolute atomic E-state index is 0.204. The maximum Gasteiger partial charge on any atom is 0.416 e. The third-order valence-electron chi connectivity index (χ3n) is 3.90. The molecule has 0 spiro atoms. The van der Waals surface area contributed by atoms with Crippen molar-refractivity contribution in [3.05, 3.63) is 59.9 Å². The molecule has 2 aromatic heterocycles. The lowest BCUT2D eigenvalue weighted by atomic mass is 10.0. The number of primary amides is 1. The van der Waals surface area contributed by atoms with Crippen molar-refractivity contribution in [3.63, 3.8) is 0 Å². The molecule has 2 N–H and O–H groups in total. The third kappa shape index (κ3) is 3.65. The molecule has 2 heterocycles. The second-order valence-corrected chi connectivity index (χ2v) is 5.73. The molecule has 7 heteroatoms. The number of nitrogens with zero attached hydrogens (tertiary/aromatic N) is 2. The average Bonchev–Trinajstić information content (AvgIpc) is 2.92. The zero-order valence-electron chi connectivity index (χ0n) is 13.3. The van der Waals surface area contributed by atoms with Gasteiger partial charge in [-0.15, -0.1) is 0 Å². The van der Waals surface area contributed by atoms with Crippen molar-refractivity contribution in [3.8, 4) is 11.3 Å². The summed E-state index contributed by atoms with van der Waals surface area (Å²) in [4.78, 5) is 15.5. The van der Waals surface area contributed by atoms with E-state index in [4.69, 9.17) is 5.73 Å². The number of amides is 1. The zero-order chi connectivity index (χ0) is 18.0. The van der Waals surface area contributed by atoms with Gasteiger partial charge in [0.1, 0.15) is 5.65 Å². The van der Waals surface area contributed by atoms with Crippen LogP contribution in [-0.4, -0.2) is 15.3 Å². The lowest BCUT2D eigenvalue weighted by Gasteiger charge is -2.10. The Morgan fingerprint density at radius 2 is 1.96 bits per heavy atom. The van der Waals surface area contributed by atoms with Gasteiger partial charge in [-0.05, 0) is 37.1 Å². The van der Waals surface area contributed by atoms with Crippen molar-refractivity contribution >= 4 is 11.6 Å². The molecule has 4 nitrogen and oxygen atoms in total. The van der Waals surface area contributed by atoms with Crippen LogP contribution in [0.1, 0.15) is 24.1 Å². The predicted octanol–water partition coefficient (Wildman–Crippen LogP) is 3.83. The van der Waals surface area contributed by atoms with E-state index in [0.717, 1.165) is 12.1 Å². The number of hydrogen-bond donors (Lipinski definition) is 1. The van der Waals surface area contributed by atoms with Gasteiger partial charge < -0.3 is 5.73 Å². The van der Waals surface area contributed by atoms with Crippen LogP contribution in [0.5, 0.6) is 0 Å². The highest BCUT2D eigenvalue weighted by molar-refractivity contribution is 5.74. The Balaban J connectivity index is 2.09. The van der Waals surface area contributed by atoms with Crippen LogP contribution in [0.2, 0.25) is 0 Å². The second kappa shape index (κ2) is 6.58. The van der Waals surface area contributed by atoms with E-state index in [-0.39, 0.29) is 6.42 Å². The maximum atomic E-state index is 13.0. The van der Waals surface area contributed by atoms with Gasteiger partial charge in [0.25, 0.3) is 0 Å². The quantitative estimate of drug-likeness (QED) is 0.762. The highest BCUT2D eigenvalue weighted by Gasteiger charge is 2.31. The summed E-state index contributed by atoms with van der Waals surface area (Å²) < 4.78 is 40.9. The van der Waals surface area contributed by atoms with Gasteiger partial charge in [0.05, 0.1) is 17.0 Å². The summed E-state index contributed by atoms with van der Waals surface area (Å²) in [5, 5.41) is 0. The molecular weight excluding hydrogens is 331 g/mol. The summed E-state index contributed by atoms with van der Waals surface area (Å²) in [6.07, 6.45) is -1.50. The van der Waals surface area contributed by atoms with Gasteiger partial charge in [-0.25, -0.2) is 4.98 Å². The Morgan fingerprint density at radius 1 is 1.16 bits per heavy atom. The van der Waals surface area contributed by atoms with E-state index in [1.165, 1.54) is 6.07 Å². The van der Waals surface area contributed by atoms with Crippen LogP contribution >= 0.6 is 0 Å². The van der Waals surface area contributed by atoms with Crippen molar-refractivity contribution in [2.24, 2.45) is 5.73 Å². The number of fused-ring (bicyclic) bond motifs is 1. The Morgan fingerprint density at radius 3 is 2.68 bits per heavy atom. The monoisotopic (exact) mass is 347 g/mol. The van der Waals surface area contributed by atoms with Crippen LogP contribution in [0.15, 0.2) is 48.7 Å². The molecule has 0 bridgehead atoms. The molecule has 0 fully saturated rings. The van der Waals surface area contributed by atoms with Crippen molar-refractivity contribution in [1.82, 2.24) is 9.38 Å². The Labute approximate surface area is 142 Å². The lowest BCUT2D eigenvalue weighted by molar-refractivity contribution is -0.137. The molecule has 0 aliphatic carbocycles. The average molecular weight is 347 g/mol.